The molecule has 2 aromatic rings. The van der Waals surface area contributed by atoms with Crippen molar-refractivity contribution in [3.05, 3.63) is 30.3 Å². The van der Waals surface area contributed by atoms with Crippen molar-refractivity contribution in [2.24, 2.45) is 0 Å². The zero-order chi connectivity index (χ0) is 12.0. The van der Waals surface area contributed by atoms with Crippen LogP contribution in [0.4, 0.5) is 0 Å². The van der Waals surface area contributed by atoms with Crippen molar-refractivity contribution in [3.63, 3.8) is 0 Å². The number of methoxy groups -OCH3 is 2. The van der Waals surface area contributed by atoms with Gasteiger partial charge in [-0.15, -0.1) is 16.8 Å². The van der Waals surface area contributed by atoms with Crippen molar-refractivity contribution in [3.8, 4) is 11.5 Å². The zero-order valence-electron chi connectivity index (χ0n) is 8.96. The van der Waals surface area contributed by atoms with E-state index in [9.17, 15) is 0 Å². The van der Waals surface area contributed by atoms with Crippen LogP contribution in [0.25, 0.3) is 10.8 Å². The fourth-order valence-corrected chi connectivity index (χ4v) is 1.45. The van der Waals surface area contributed by atoms with Crippen molar-refractivity contribution in [2.45, 2.75) is 0 Å². The van der Waals surface area contributed by atoms with Gasteiger partial charge in [0.2, 0.25) is 0 Å². The Morgan fingerprint density at radius 1 is 1.12 bits per heavy atom. The number of benzene rings is 1. The summed E-state index contributed by atoms with van der Waals surface area (Å²) in [7, 11) is 13.2. The predicted octanol–water partition coefficient (Wildman–Crippen LogP) is 3.95. The van der Waals surface area contributed by atoms with E-state index in [2.05, 4.69) is 12.1 Å². The van der Waals surface area contributed by atoms with Gasteiger partial charge in [0.15, 0.2) is 0 Å². The number of fused-ring (bicyclic) bond motifs is 1. The third-order valence-corrected chi connectivity index (χ3v) is 2.14. The van der Waals surface area contributed by atoms with E-state index in [0.29, 0.717) is 0 Å². The van der Waals surface area contributed by atoms with Gasteiger partial charge in [0.25, 0.3) is 0 Å². The first-order valence-electron chi connectivity index (χ1n) is 4.50. The summed E-state index contributed by atoms with van der Waals surface area (Å²) >= 11 is -0.826. The molecule has 0 fully saturated rings. The van der Waals surface area contributed by atoms with Gasteiger partial charge in [0.1, 0.15) is 11.5 Å². The number of halogens is 2. The molecule has 0 aromatic heterocycles. The molecule has 0 saturated heterocycles. The summed E-state index contributed by atoms with van der Waals surface area (Å²) in [5.74, 6) is 1.56. The van der Waals surface area contributed by atoms with Crippen molar-refractivity contribution in [1.82, 2.24) is 0 Å². The molecule has 86 valence electrons. The van der Waals surface area contributed by atoms with E-state index >= 15 is 0 Å². The van der Waals surface area contributed by atoms with E-state index in [1.54, 1.807) is 14.2 Å². The molecule has 0 spiro atoms. The molecule has 0 bridgehead atoms. The van der Waals surface area contributed by atoms with Crippen LogP contribution in [-0.2, 0) is 20.8 Å². The number of hydrogen-bond donors (Lipinski definition) is 0. The second kappa shape index (κ2) is 7.26. The molecule has 16 heavy (non-hydrogen) atoms. The van der Waals surface area contributed by atoms with Crippen molar-refractivity contribution in [2.75, 3.05) is 14.2 Å². The average Bonchev–Trinajstić information content (AvgIpc) is 2.75. The molecule has 0 saturated carbocycles. The second-order valence-electron chi connectivity index (χ2n) is 2.93. The van der Waals surface area contributed by atoms with E-state index in [-0.39, 0.29) is 0 Å². The Bertz CT molecular complexity index is 404. The molecule has 0 heterocycles. The summed E-state index contributed by atoms with van der Waals surface area (Å²) < 4.78 is 10.4. The Morgan fingerprint density at radius 2 is 1.69 bits per heavy atom. The summed E-state index contributed by atoms with van der Waals surface area (Å²) in [6.07, 6.45) is 0. The summed E-state index contributed by atoms with van der Waals surface area (Å²) in [5.41, 5.74) is 0. The summed E-state index contributed by atoms with van der Waals surface area (Å²) in [5, 5.41) is 2.36. The quantitative estimate of drug-likeness (QED) is 0.773. The fraction of sp³-hybridized carbons (Fsp3) is 0.182. The predicted molar refractivity (Wildman–Crippen MR) is 64.4 cm³/mol. The Kier molecular flexibility index (Phi) is 6.34. The Balaban J connectivity index is 0.000000386. The average molecular weight is 337 g/mol. The van der Waals surface area contributed by atoms with Gasteiger partial charge in [-0.1, -0.05) is 12.1 Å². The summed E-state index contributed by atoms with van der Waals surface area (Å²) in [6, 6.07) is 10.1. The van der Waals surface area contributed by atoms with Gasteiger partial charge >= 0.3 is 37.9 Å². The third-order valence-electron chi connectivity index (χ3n) is 2.14. The van der Waals surface area contributed by atoms with Crippen LogP contribution in [-0.4, -0.2) is 14.2 Å². The van der Waals surface area contributed by atoms with Crippen LogP contribution in [0.5, 0.6) is 11.5 Å². The van der Waals surface area contributed by atoms with Gasteiger partial charge in [-0.25, -0.2) is 0 Å². The van der Waals surface area contributed by atoms with Gasteiger partial charge in [-0.3, -0.25) is 0 Å². The normalized spacial score (nSPS) is 9.25. The minimum atomic E-state index is -0.826. The van der Waals surface area contributed by atoms with Crippen LogP contribution in [0.15, 0.2) is 30.3 Å². The maximum atomic E-state index is 5.19. The van der Waals surface area contributed by atoms with Crippen LogP contribution in [0.2, 0.25) is 0 Å². The first kappa shape index (κ1) is 14.0. The SMILES string of the molecule is COc1cc2cc[cH-]c2cc1OC.[Cl][Zr][Cl]. The molecule has 0 aliphatic rings. The van der Waals surface area contributed by atoms with Crippen molar-refractivity contribution >= 4 is 27.8 Å². The molecule has 5 heteroatoms. The second-order valence-corrected chi connectivity index (χ2v) is 6.67. The van der Waals surface area contributed by atoms with Crippen LogP contribution in [0.3, 0.4) is 0 Å². The van der Waals surface area contributed by atoms with Crippen LogP contribution in [0, 0.1) is 0 Å². The Labute approximate surface area is 113 Å². The molecule has 0 aliphatic heterocycles. The van der Waals surface area contributed by atoms with E-state index < -0.39 is 20.8 Å². The topological polar surface area (TPSA) is 18.5 Å². The van der Waals surface area contributed by atoms with Gasteiger partial charge in [0, 0.05) is 0 Å². The molecule has 0 radical (unpaired) electrons. The standard InChI is InChI=1S/C11H11O2.2ClH.Zr/c1-12-10-6-8-4-3-5-9(8)7-11(10)13-2;;;/h3-7H,1-2H3;2*1H;/q-1;;;+2/p-2. The zero-order valence-corrected chi connectivity index (χ0v) is 12.9. The first-order chi connectivity index (χ1) is 7.76. The monoisotopic (exact) mass is 335 g/mol. The molecule has 0 N–H and O–H groups in total. The number of rotatable bonds is 2. The number of ether oxygens (including phenoxy) is 2. The molecule has 0 atom stereocenters. The summed E-state index contributed by atoms with van der Waals surface area (Å²) in [6.45, 7) is 0. The first-order valence-corrected chi connectivity index (χ1v) is 10.8. The fourth-order valence-electron chi connectivity index (χ4n) is 1.45. The van der Waals surface area contributed by atoms with Crippen molar-refractivity contribution < 1.29 is 30.3 Å². The van der Waals surface area contributed by atoms with Gasteiger partial charge in [-0.05, 0) is 0 Å². The molecular formula is C11H11Cl2O2Zr-. The van der Waals surface area contributed by atoms with E-state index in [0.717, 1.165) is 11.5 Å². The summed E-state index contributed by atoms with van der Waals surface area (Å²) in [4.78, 5) is 0. The molecular weight excluding hydrogens is 326 g/mol. The maximum absolute atomic E-state index is 5.19. The Hall–Kier alpha value is -0.107. The molecule has 2 rings (SSSR count). The molecule has 0 aliphatic carbocycles. The van der Waals surface area contributed by atoms with Crippen LogP contribution in [0.1, 0.15) is 0 Å². The van der Waals surface area contributed by atoms with Crippen molar-refractivity contribution in [1.29, 1.82) is 0 Å². The molecule has 2 nitrogen and oxygen atoms in total. The molecule has 0 amide bonds. The van der Waals surface area contributed by atoms with Gasteiger partial charge in [0.05, 0.1) is 14.2 Å². The van der Waals surface area contributed by atoms with E-state index in [1.807, 2.05) is 18.2 Å². The van der Waals surface area contributed by atoms with E-state index in [1.165, 1.54) is 10.8 Å². The van der Waals surface area contributed by atoms with Crippen LogP contribution >= 0.6 is 17.0 Å². The van der Waals surface area contributed by atoms with Gasteiger partial charge < -0.3 is 9.47 Å². The van der Waals surface area contributed by atoms with Gasteiger partial charge in [-0.2, -0.15) is 12.1 Å². The third kappa shape index (κ3) is 3.44. The minimum absolute atomic E-state index is 0.779. The van der Waals surface area contributed by atoms with Crippen LogP contribution < -0.4 is 9.47 Å². The molecule has 2 aromatic carbocycles. The Morgan fingerprint density at radius 3 is 2.25 bits per heavy atom. The van der Waals surface area contributed by atoms with E-state index in [4.69, 9.17) is 26.5 Å². The molecule has 0 unspecified atom stereocenters. The number of hydrogen-bond acceptors (Lipinski definition) is 2.